The fourth-order valence-electron chi connectivity index (χ4n) is 2.60. The summed E-state index contributed by atoms with van der Waals surface area (Å²) in [7, 11) is 0. The van der Waals surface area contributed by atoms with Crippen molar-refractivity contribution in [2.45, 2.75) is 0 Å². The van der Waals surface area contributed by atoms with Crippen molar-refractivity contribution < 1.29 is 20.1 Å². The van der Waals surface area contributed by atoms with Crippen molar-refractivity contribution in [1.29, 1.82) is 0 Å². The van der Waals surface area contributed by atoms with E-state index in [2.05, 4.69) is 40.3 Å². The van der Waals surface area contributed by atoms with Crippen molar-refractivity contribution in [3.8, 4) is 21.8 Å². The molecular formula is C24H16IrN2S-2. The first-order valence-corrected chi connectivity index (χ1v) is 9.42. The molecule has 3 aromatic heterocycles. The fraction of sp³-hybridized carbons (Fsp3) is 0. The summed E-state index contributed by atoms with van der Waals surface area (Å²) in [5.41, 5.74) is 3.01. The summed E-state index contributed by atoms with van der Waals surface area (Å²) < 4.78 is 1.26. The van der Waals surface area contributed by atoms with Crippen LogP contribution in [0.4, 0.5) is 0 Å². The number of benzene rings is 2. The van der Waals surface area contributed by atoms with E-state index in [-0.39, 0.29) is 20.1 Å². The molecule has 0 saturated carbocycles. The number of aromatic nitrogens is 2. The molecule has 0 unspecified atom stereocenters. The number of thiophene rings is 1. The van der Waals surface area contributed by atoms with Gasteiger partial charge in [0.2, 0.25) is 0 Å². The number of hydrogen-bond acceptors (Lipinski definition) is 3. The summed E-state index contributed by atoms with van der Waals surface area (Å²) in [6, 6.07) is 34.4. The molecule has 0 aliphatic carbocycles. The first-order chi connectivity index (χ1) is 13.4. The molecule has 0 saturated heterocycles. The van der Waals surface area contributed by atoms with Gasteiger partial charge in [-0.1, -0.05) is 36.4 Å². The number of rotatable bonds is 2. The molecule has 0 amide bonds. The summed E-state index contributed by atoms with van der Waals surface area (Å²) >= 11 is 1.73. The fourth-order valence-corrected chi connectivity index (χ4v) is 3.59. The quantitative estimate of drug-likeness (QED) is 0.238. The predicted molar refractivity (Wildman–Crippen MR) is 112 cm³/mol. The molecule has 3 heterocycles. The minimum Gasteiger partial charge on any atom is -0.305 e. The van der Waals surface area contributed by atoms with Crippen LogP contribution >= 0.6 is 11.3 Å². The molecule has 28 heavy (non-hydrogen) atoms. The zero-order chi connectivity index (χ0) is 18.3. The van der Waals surface area contributed by atoms with Gasteiger partial charge in [0.1, 0.15) is 0 Å². The van der Waals surface area contributed by atoms with Crippen LogP contribution in [-0.4, -0.2) is 9.97 Å². The van der Waals surface area contributed by atoms with Crippen molar-refractivity contribution in [3.05, 3.63) is 109 Å². The van der Waals surface area contributed by atoms with E-state index in [4.69, 9.17) is 0 Å². The van der Waals surface area contributed by atoms with E-state index in [1.807, 2.05) is 72.9 Å². The minimum absolute atomic E-state index is 0. The van der Waals surface area contributed by atoms with Crippen LogP contribution in [0.2, 0.25) is 0 Å². The largest absolute Gasteiger partial charge is 0.305 e. The second kappa shape index (κ2) is 10.0. The summed E-state index contributed by atoms with van der Waals surface area (Å²) in [5, 5.41) is 1.17. The number of pyridine rings is 2. The van der Waals surface area contributed by atoms with Crippen LogP contribution in [0.15, 0.2) is 97.3 Å². The minimum atomic E-state index is 0. The Bertz CT molecular complexity index is 1040. The van der Waals surface area contributed by atoms with Gasteiger partial charge in [0.15, 0.2) is 0 Å². The molecule has 0 N–H and O–H groups in total. The van der Waals surface area contributed by atoms with E-state index in [9.17, 15) is 0 Å². The number of fused-ring (bicyclic) bond motifs is 1. The molecule has 0 atom stereocenters. The van der Waals surface area contributed by atoms with Gasteiger partial charge in [-0.25, -0.2) is 11.3 Å². The van der Waals surface area contributed by atoms with E-state index in [0.717, 1.165) is 21.8 Å². The first kappa shape index (κ1) is 20.1. The Morgan fingerprint density at radius 2 is 1.36 bits per heavy atom. The van der Waals surface area contributed by atoms with Gasteiger partial charge in [-0.15, -0.1) is 59.5 Å². The van der Waals surface area contributed by atoms with Gasteiger partial charge < -0.3 is 9.97 Å². The zero-order valence-electron chi connectivity index (χ0n) is 14.9. The SMILES string of the molecule is [Ir].[c-]1c(-c2ccccn2)sc2ccccc12.[c-]1ccccc1-c1ccccn1. The molecule has 2 aromatic carbocycles. The van der Waals surface area contributed by atoms with Crippen molar-refractivity contribution in [2.75, 3.05) is 0 Å². The molecule has 0 aliphatic rings. The molecule has 0 spiro atoms. The molecule has 5 aromatic rings. The van der Waals surface area contributed by atoms with Gasteiger partial charge in [0, 0.05) is 38.2 Å². The first-order valence-electron chi connectivity index (χ1n) is 8.60. The van der Waals surface area contributed by atoms with E-state index in [1.54, 1.807) is 17.5 Å². The maximum absolute atomic E-state index is 4.32. The molecule has 0 aliphatic heterocycles. The second-order valence-corrected chi connectivity index (χ2v) is 6.81. The number of hydrogen-bond donors (Lipinski definition) is 0. The third-order valence-corrected chi connectivity index (χ3v) is 4.99. The molecule has 139 valence electrons. The van der Waals surface area contributed by atoms with Gasteiger partial charge in [-0.2, -0.15) is 0 Å². The Balaban J connectivity index is 0.000000159. The Labute approximate surface area is 182 Å². The van der Waals surface area contributed by atoms with Crippen LogP contribution in [0.5, 0.6) is 0 Å². The summed E-state index contributed by atoms with van der Waals surface area (Å²) in [6.45, 7) is 0. The summed E-state index contributed by atoms with van der Waals surface area (Å²) in [6.07, 6.45) is 3.60. The molecule has 5 rings (SSSR count). The normalized spacial score (nSPS) is 9.86. The van der Waals surface area contributed by atoms with Gasteiger partial charge in [-0.05, 0) is 27.4 Å². The predicted octanol–water partition coefficient (Wildman–Crippen LogP) is 6.31. The van der Waals surface area contributed by atoms with Gasteiger partial charge in [0.05, 0.1) is 0 Å². The van der Waals surface area contributed by atoms with Crippen LogP contribution in [0.3, 0.4) is 0 Å². The van der Waals surface area contributed by atoms with Crippen molar-refractivity contribution >= 4 is 21.4 Å². The Hall–Kier alpha value is -2.65. The number of nitrogens with zero attached hydrogens (tertiary/aromatic N) is 2. The van der Waals surface area contributed by atoms with E-state index in [1.165, 1.54) is 10.1 Å². The van der Waals surface area contributed by atoms with Gasteiger partial charge in [0.25, 0.3) is 0 Å². The van der Waals surface area contributed by atoms with Gasteiger partial charge >= 0.3 is 0 Å². The molecule has 1 radical (unpaired) electrons. The molecule has 0 fully saturated rings. The monoisotopic (exact) mass is 557 g/mol. The Morgan fingerprint density at radius 3 is 2.00 bits per heavy atom. The van der Waals surface area contributed by atoms with E-state index >= 15 is 0 Å². The zero-order valence-corrected chi connectivity index (χ0v) is 18.1. The molecule has 0 bridgehead atoms. The van der Waals surface area contributed by atoms with Crippen LogP contribution in [0.1, 0.15) is 0 Å². The van der Waals surface area contributed by atoms with Crippen molar-refractivity contribution in [2.24, 2.45) is 0 Å². The standard InChI is InChI=1S/C13H8NS.C11H8N.Ir/c1-2-7-12-10(5-1)9-13(15-12)11-6-3-4-8-14-11;1-2-6-10(7-3-1)11-8-4-5-9-12-11;/h1-8H;1-6,8-9H;/q2*-1;. The Kier molecular flexibility index (Phi) is 7.21. The van der Waals surface area contributed by atoms with Crippen LogP contribution in [-0.2, 0) is 20.1 Å². The molecule has 2 nitrogen and oxygen atoms in total. The second-order valence-electron chi connectivity index (χ2n) is 5.76. The third-order valence-electron chi connectivity index (χ3n) is 3.89. The maximum Gasteiger partial charge on any atom is 0.0161 e. The van der Waals surface area contributed by atoms with Gasteiger partial charge in [-0.3, -0.25) is 0 Å². The summed E-state index contributed by atoms with van der Waals surface area (Å²) in [5.74, 6) is 0. The van der Waals surface area contributed by atoms with E-state index in [0.29, 0.717) is 0 Å². The molecular weight excluding hydrogens is 541 g/mol. The maximum atomic E-state index is 4.32. The summed E-state index contributed by atoms with van der Waals surface area (Å²) in [4.78, 5) is 9.65. The van der Waals surface area contributed by atoms with Crippen LogP contribution in [0.25, 0.3) is 31.9 Å². The topological polar surface area (TPSA) is 25.8 Å². The average Bonchev–Trinajstić information content (AvgIpc) is 3.21. The molecule has 4 heteroatoms. The van der Waals surface area contributed by atoms with Crippen LogP contribution in [0, 0.1) is 12.1 Å². The van der Waals surface area contributed by atoms with Crippen molar-refractivity contribution in [1.82, 2.24) is 9.97 Å². The average molecular weight is 557 g/mol. The van der Waals surface area contributed by atoms with Crippen LogP contribution < -0.4 is 0 Å². The smallest absolute Gasteiger partial charge is 0.0161 e. The Morgan fingerprint density at radius 1 is 0.679 bits per heavy atom. The van der Waals surface area contributed by atoms with Crippen molar-refractivity contribution in [3.63, 3.8) is 0 Å². The third kappa shape index (κ3) is 4.99. The van der Waals surface area contributed by atoms with E-state index < -0.39 is 0 Å².